The van der Waals surface area contributed by atoms with Gasteiger partial charge in [0.2, 0.25) is 5.52 Å². The van der Waals surface area contributed by atoms with Crippen LogP contribution in [0.3, 0.4) is 0 Å². The van der Waals surface area contributed by atoms with E-state index in [1.165, 1.54) is 78.8 Å². The highest BCUT2D eigenvalue weighted by Crippen LogP contribution is 2.47. The van der Waals surface area contributed by atoms with Crippen molar-refractivity contribution < 1.29 is 4.57 Å². The molecule has 3 aromatic rings. The number of para-hydroxylation sites is 1. The Morgan fingerprint density at radius 1 is 1.03 bits per heavy atom. The number of thioether (sulfide) groups is 1. The fourth-order valence-corrected chi connectivity index (χ4v) is 8.07. The Bertz CT molecular complexity index is 1420. The molecule has 0 bridgehead atoms. The molecule has 1 aromatic heterocycles. The maximum Gasteiger partial charge on any atom is 0.263 e. The molecule has 3 aliphatic rings. The average molecular weight is 498 g/mol. The van der Waals surface area contributed by atoms with E-state index in [2.05, 4.69) is 97.0 Å². The molecule has 1 atom stereocenters. The number of benzene rings is 2. The molecule has 0 spiro atoms. The summed E-state index contributed by atoms with van der Waals surface area (Å²) >= 11 is 3.84. The zero-order valence-corrected chi connectivity index (χ0v) is 22.5. The number of aromatic nitrogens is 1. The molecule has 0 saturated heterocycles. The van der Waals surface area contributed by atoms with Crippen LogP contribution in [0.4, 0.5) is 5.69 Å². The number of fused-ring (bicyclic) bond motifs is 3. The third-order valence-electron chi connectivity index (χ3n) is 7.51. The lowest BCUT2D eigenvalue weighted by atomic mass is 9.77. The Hall–Kier alpha value is -2.56. The molecule has 2 aliphatic carbocycles. The second-order valence-electron chi connectivity index (χ2n) is 9.81. The van der Waals surface area contributed by atoms with E-state index in [9.17, 15) is 0 Å². The van der Waals surface area contributed by atoms with Gasteiger partial charge in [-0.3, -0.25) is 0 Å². The number of thiazole rings is 1. The third-order valence-corrected chi connectivity index (χ3v) is 9.74. The predicted molar refractivity (Wildman–Crippen MR) is 152 cm³/mol. The van der Waals surface area contributed by atoms with Crippen LogP contribution in [-0.2, 0) is 6.54 Å². The molecular formula is C31H33N2S2+. The van der Waals surface area contributed by atoms with Crippen LogP contribution in [0.2, 0.25) is 0 Å². The second-order valence-corrected chi connectivity index (χ2v) is 11.9. The van der Waals surface area contributed by atoms with Gasteiger partial charge in [-0.15, -0.1) is 0 Å². The molecule has 1 aliphatic heterocycles. The molecule has 4 heteroatoms. The Morgan fingerprint density at radius 2 is 1.89 bits per heavy atom. The summed E-state index contributed by atoms with van der Waals surface area (Å²) in [4.78, 5) is 3.86. The molecule has 0 radical (unpaired) electrons. The van der Waals surface area contributed by atoms with Crippen LogP contribution in [0, 0.1) is 12.8 Å². The Morgan fingerprint density at radius 3 is 2.74 bits per heavy atom. The Labute approximate surface area is 217 Å². The monoisotopic (exact) mass is 497 g/mol. The minimum Gasteiger partial charge on any atom is -0.335 e. The smallest absolute Gasteiger partial charge is 0.263 e. The maximum atomic E-state index is 2.50. The van der Waals surface area contributed by atoms with Crippen LogP contribution < -0.4 is 9.47 Å². The first-order chi connectivity index (χ1) is 17.1. The first-order valence-corrected chi connectivity index (χ1v) is 14.6. The summed E-state index contributed by atoms with van der Waals surface area (Å²) in [6.07, 6.45) is 14.8. The highest BCUT2D eigenvalue weighted by Gasteiger charge is 2.27. The van der Waals surface area contributed by atoms with Gasteiger partial charge in [0.1, 0.15) is 11.2 Å². The first-order valence-electron chi connectivity index (χ1n) is 12.9. The lowest BCUT2D eigenvalue weighted by Gasteiger charge is -2.28. The number of hydrogen-bond acceptors (Lipinski definition) is 3. The van der Waals surface area contributed by atoms with Crippen LogP contribution >= 0.6 is 23.1 Å². The largest absolute Gasteiger partial charge is 0.335 e. The zero-order valence-electron chi connectivity index (χ0n) is 20.9. The van der Waals surface area contributed by atoms with Crippen molar-refractivity contribution in [3.05, 3.63) is 93.0 Å². The fraction of sp³-hybridized carbons (Fsp3) is 0.323. The van der Waals surface area contributed by atoms with Crippen molar-refractivity contribution in [2.45, 2.75) is 57.9 Å². The average Bonchev–Trinajstić information content (AvgIpc) is 3.39. The molecule has 0 saturated carbocycles. The van der Waals surface area contributed by atoms with E-state index in [-0.39, 0.29) is 0 Å². The number of aryl methyl sites for hydroxylation is 2. The minimum absolute atomic E-state index is 0.716. The molecule has 0 amide bonds. The van der Waals surface area contributed by atoms with Gasteiger partial charge < -0.3 is 4.90 Å². The SMILES string of the molecule is CCN1C(=CC2=CC3=CC(=Cc4sc5ccccc5[n+]4CC)CCC3CC2)Sc2ccc(C)cc21. The first kappa shape index (κ1) is 22.9. The Balaban J connectivity index is 1.31. The standard InChI is InChI=1S/C31H33N2S2/c1-4-32-26-8-6-7-9-28(26)34-30(32)19-22-11-13-24-14-12-23(18-25(24)17-22)20-31-33(5-2)27-16-21(3)10-15-29(27)35-31/h6-10,15-20,24H,4-5,11-14H2,1-3H3/q+1. The van der Waals surface area contributed by atoms with Crippen molar-refractivity contribution in [1.82, 2.24) is 0 Å². The molecule has 35 heavy (non-hydrogen) atoms. The Kier molecular flexibility index (Phi) is 6.19. The predicted octanol–water partition coefficient (Wildman–Crippen LogP) is 8.43. The van der Waals surface area contributed by atoms with E-state index >= 15 is 0 Å². The van der Waals surface area contributed by atoms with Crippen LogP contribution in [0.15, 0.2) is 87.3 Å². The quantitative estimate of drug-likeness (QED) is 0.334. The molecule has 1 unspecified atom stereocenters. The molecule has 178 valence electrons. The topological polar surface area (TPSA) is 7.12 Å². The molecule has 2 nitrogen and oxygen atoms in total. The molecular weight excluding hydrogens is 464 g/mol. The second kappa shape index (κ2) is 9.48. The summed E-state index contributed by atoms with van der Waals surface area (Å²) in [6.45, 7) is 8.71. The van der Waals surface area contributed by atoms with Crippen molar-refractivity contribution in [3.8, 4) is 0 Å². The van der Waals surface area contributed by atoms with Gasteiger partial charge in [0.25, 0.3) is 5.01 Å². The number of hydrogen-bond donors (Lipinski definition) is 0. The van der Waals surface area contributed by atoms with Gasteiger partial charge in [0, 0.05) is 23.6 Å². The van der Waals surface area contributed by atoms with Gasteiger partial charge >= 0.3 is 0 Å². The molecule has 2 aromatic carbocycles. The summed E-state index contributed by atoms with van der Waals surface area (Å²) in [7, 11) is 0. The van der Waals surface area contributed by atoms with E-state index in [1.54, 1.807) is 0 Å². The number of nitrogens with zero attached hydrogens (tertiary/aromatic N) is 2. The van der Waals surface area contributed by atoms with Gasteiger partial charge in [0.15, 0.2) is 0 Å². The van der Waals surface area contributed by atoms with E-state index in [4.69, 9.17) is 0 Å². The van der Waals surface area contributed by atoms with Crippen LogP contribution in [-0.4, -0.2) is 6.54 Å². The number of anilines is 1. The van der Waals surface area contributed by atoms with E-state index in [1.807, 2.05) is 23.1 Å². The van der Waals surface area contributed by atoms with Gasteiger partial charge in [-0.25, -0.2) is 0 Å². The lowest BCUT2D eigenvalue weighted by molar-refractivity contribution is -0.665. The van der Waals surface area contributed by atoms with Gasteiger partial charge in [0.05, 0.1) is 10.7 Å². The van der Waals surface area contributed by atoms with Crippen LogP contribution in [0.25, 0.3) is 16.3 Å². The summed E-state index contributed by atoms with van der Waals surface area (Å²) in [5, 5.41) is 2.74. The van der Waals surface area contributed by atoms with E-state index < -0.39 is 0 Å². The molecule has 2 heterocycles. The molecule has 6 rings (SSSR count). The number of allylic oxidation sites excluding steroid dienone is 6. The van der Waals surface area contributed by atoms with Gasteiger partial charge in [-0.2, -0.15) is 4.57 Å². The van der Waals surface area contributed by atoms with Gasteiger partial charge in [-0.05, 0) is 98.9 Å². The highest BCUT2D eigenvalue weighted by molar-refractivity contribution is 8.03. The van der Waals surface area contributed by atoms with Crippen molar-refractivity contribution >= 4 is 45.1 Å². The summed E-state index contributed by atoms with van der Waals surface area (Å²) < 4.78 is 3.83. The molecule has 0 fully saturated rings. The zero-order chi connectivity index (χ0) is 23.9. The van der Waals surface area contributed by atoms with Gasteiger partial charge in [-0.1, -0.05) is 53.4 Å². The normalized spacial score (nSPS) is 21.9. The minimum atomic E-state index is 0.716. The maximum absolute atomic E-state index is 2.50. The van der Waals surface area contributed by atoms with Crippen molar-refractivity contribution in [2.24, 2.45) is 5.92 Å². The fourth-order valence-electron chi connectivity index (χ4n) is 5.69. The van der Waals surface area contributed by atoms with Crippen molar-refractivity contribution in [1.29, 1.82) is 0 Å². The van der Waals surface area contributed by atoms with Crippen LogP contribution in [0.5, 0.6) is 0 Å². The molecule has 0 N–H and O–H groups in total. The summed E-state index contributed by atoms with van der Waals surface area (Å²) in [5.41, 5.74) is 8.54. The summed E-state index contributed by atoms with van der Waals surface area (Å²) in [6, 6.07) is 15.6. The number of rotatable bonds is 4. The van der Waals surface area contributed by atoms with Crippen LogP contribution in [0.1, 0.15) is 50.1 Å². The van der Waals surface area contributed by atoms with Crippen molar-refractivity contribution in [3.63, 3.8) is 0 Å². The van der Waals surface area contributed by atoms with Crippen molar-refractivity contribution in [2.75, 3.05) is 11.4 Å². The highest BCUT2D eigenvalue weighted by atomic mass is 32.2. The third kappa shape index (κ3) is 4.32. The van der Waals surface area contributed by atoms with E-state index in [0.29, 0.717) is 5.92 Å². The summed E-state index contributed by atoms with van der Waals surface area (Å²) in [5.74, 6) is 0.716. The lowest BCUT2D eigenvalue weighted by Crippen LogP contribution is -2.33. The van der Waals surface area contributed by atoms with E-state index in [0.717, 1.165) is 13.1 Å².